The van der Waals surface area contributed by atoms with Crippen LogP contribution in [0, 0.1) is 11.3 Å². The minimum Gasteiger partial charge on any atom is -0.481 e. The van der Waals surface area contributed by atoms with E-state index in [2.05, 4.69) is 10.6 Å². The highest BCUT2D eigenvalue weighted by Crippen LogP contribution is 2.34. The highest BCUT2D eigenvalue weighted by Gasteiger charge is 2.39. The number of hydrogen-bond donors (Lipinski definition) is 3. The number of nitrogens with zero attached hydrogens (tertiary/aromatic N) is 1. The molecule has 1 aliphatic rings. The molecule has 7 nitrogen and oxygen atoms in total. The molecule has 114 valence electrons. The first-order chi connectivity index (χ1) is 9.27. The van der Waals surface area contributed by atoms with Crippen LogP contribution < -0.4 is 10.6 Å². The topological polar surface area (TPSA) is 98.7 Å². The van der Waals surface area contributed by atoms with E-state index in [-0.39, 0.29) is 18.4 Å². The molecule has 1 aliphatic heterocycles. The van der Waals surface area contributed by atoms with Crippen LogP contribution >= 0.6 is 0 Å². The number of carbonyl (C=O) groups is 3. The lowest BCUT2D eigenvalue weighted by molar-refractivity contribution is -0.151. The van der Waals surface area contributed by atoms with Gasteiger partial charge in [-0.3, -0.25) is 19.8 Å². The molecule has 0 aliphatic carbocycles. The number of carbonyl (C=O) groups excluding carboxylic acids is 2. The van der Waals surface area contributed by atoms with Crippen molar-refractivity contribution in [3.8, 4) is 0 Å². The number of likely N-dealkylation sites (tertiary alicyclic amines) is 1. The Bertz CT molecular complexity index is 395. The molecule has 1 saturated heterocycles. The largest absolute Gasteiger partial charge is 0.481 e. The lowest BCUT2D eigenvalue weighted by atomic mass is 9.74. The normalized spacial score (nSPS) is 20.2. The molecule has 3 N–H and O–H groups in total. The first kappa shape index (κ1) is 16.4. The first-order valence-corrected chi connectivity index (χ1v) is 6.74. The molecule has 0 aromatic heterocycles. The maximum atomic E-state index is 11.6. The van der Waals surface area contributed by atoms with Gasteiger partial charge in [-0.2, -0.15) is 0 Å². The van der Waals surface area contributed by atoms with Gasteiger partial charge < -0.3 is 10.4 Å². The Morgan fingerprint density at radius 1 is 1.35 bits per heavy atom. The van der Waals surface area contributed by atoms with Crippen LogP contribution in [0.3, 0.4) is 0 Å². The summed E-state index contributed by atoms with van der Waals surface area (Å²) in [5, 5.41) is 13.8. The van der Waals surface area contributed by atoms with Crippen molar-refractivity contribution in [2.75, 3.05) is 26.7 Å². The molecular weight excluding hydrogens is 262 g/mol. The summed E-state index contributed by atoms with van der Waals surface area (Å²) in [7, 11) is 1.44. The molecule has 1 unspecified atom stereocenters. The minimum absolute atomic E-state index is 0.00144. The van der Waals surface area contributed by atoms with E-state index in [4.69, 9.17) is 0 Å². The van der Waals surface area contributed by atoms with Gasteiger partial charge in [0.2, 0.25) is 5.91 Å². The van der Waals surface area contributed by atoms with E-state index in [1.165, 1.54) is 7.05 Å². The lowest BCUT2D eigenvalue weighted by Crippen LogP contribution is -2.49. The zero-order valence-corrected chi connectivity index (χ0v) is 12.2. The van der Waals surface area contributed by atoms with E-state index in [1.807, 2.05) is 4.90 Å². The van der Waals surface area contributed by atoms with Crippen molar-refractivity contribution in [3.63, 3.8) is 0 Å². The molecule has 1 rings (SSSR count). The lowest BCUT2D eigenvalue weighted by Gasteiger charge is -2.38. The average Bonchev–Trinajstić information content (AvgIpc) is 2.38. The predicted molar refractivity (Wildman–Crippen MR) is 73.2 cm³/mol. The highest BCUT2D eigenvalue weighted by atomic mass is 16.4. The van der Waals surface area contributed by atoms with Gasteiger partial charge in [0.1, 0.15) is 0 Å². The van der Waals surface area contributed by atoms with Gasteiger partial charge in [-0.05, 0) is 39.2 Å². The van der Waals surface area contributed by atoms with Crippen LogP contribution in [0.25, 0.3) is 0 Å². The van der Waals surface area contributed by atoms with Gasteiger partial charge in [-0.1, -0.05) is 0 Å². The summed E-state index contributed by atoms with van der Waals surface area (Å²) < 4.78 is 0. The molecule has 0 saturated carbocycles. The summed E-state index contributed by atoms with van der Waals surface area (Å²) in [6.45, 7) is 4.84. The monoisotopic (exact) mass is 285 g/mol. The van der Waals surface area contributed by atoms with Gasteiger partial charge in [-0.15, -0.1) is 0 Å². The summed E-state index contributed by atoms with van der Waals surface area (Å²) in [4.78, 5) is 35.9. The number of carboxylic acid groups (broad SMARTS) is 1. The van der Waals surface area contributed by atoms with E-state index < -0.39 is 17.4 Å². The second-order valence-electron chi connectivity index (χ2n) is 5.73. The quantitative estimate of drug-likeness (QED) is 0.688. The van der Waals surface area contributed by atoms with Crippen molar-refractivity contribution in [3.05, 3.63) is 0 Å². The van der Waals surface area contributed by atoms with Gasteiger partial charge in [0, 0.05) is 13.6 Å². The first-order valence-electron chi connectivity index (χ1n) is 6.74. The van der Waals surface area contributed by atoms with E-state index in [0.29, 0.717) is 6.54 Å². The second kappa shape index (κ2) is 6.69. The molecule has 1 fully saturated rings. The van der Waals surface area contributed by atoms with Crippen molar-refractivity contribution >= 4 is 17.9 Å². The van der Waals surface area contributed by atoms with Crippen molar-refractivity contribution in [2.45, 2.75) is 26.7 Å². The van der Waals surface area contributed by atoms with Crippen LogP contribution in [0.1, 0.15) is 26.7 Å². The molecule has 0 radical (unpaired) electrons. The second-order valence-corrected chi connectivity index (χ2v) is 5.73. The molecule has 20 heavy (non-hydrogen) atoms. The number of aliphatic carboxylic acids is 1. The number of nitrogens with one attached hydrogen (secondary N) is 2. The molecule has 3 amide bonds. The molecular formula is C13H23N3O4. The van der Waals surface area contributed by atoms with Crippen LogP contribution in [0.2, 0.25) is 0 Å². The van der Waals surface area contributed by atoms with Crippen LogP contribution in [0.15, 0.2) is 0 Å². The third-order valence-electron chi connectivity index (χ3n) is 3.92. The Hall–Kier alpha value is -1.63. The SMILES string of the molecule is CNC(=O)NC(=O)CN1CCCC(C(C)(C)C(=O)O)C1. The number of rotatable bonds is 4. The maximum absolute atomic E-state index is 11.6. The Balaban J connectivity index is 2.55. The number of carboxylic acids is 1. The van der Waals surface area contributed by atoms with E-state index in [9.17, 15) is 19.5 Å². The van der Waals surface area contributed by atoms with Crippen LogP contribution in [0.4, 0.5) is 4.79 Å². The van der Waals surface area contributed by atoms with Gasteiger partial charge in [-0.25, -0.2) is 4.79 Å². The Morgan fingerprint density at radius 2 is 2.00 bits per heavy atom. The van der Waals surface area contributed by atoms with Gasteiger partial charge in [0.05, 0.1) is 12.0 Å². The van der Waals surface area contributed by atoms with Crippen molar-refractivity contribution in [1.82, 2.24) is 15.5 Å². The van der Waals surface area contributed by atoms with Gasteiger partial charge in [0.15, 0.2) is 0 Å². The summed E-state index contributed by atoms with van der Waals surface area (Å²) in [6, 6.07) is -0.533. The Labute approximate surface area is 118 Å². The van der Waals surface area contributed by atoms with Crippen LogP contribution in [-0.4, -0.2) is 54.6 Å². The summed E-state index contributed by atoms with van der Waals surface area (Å²) in [5.41, 5.74) is -0.810. The number of piperidine rings is 1. The maximum Gasteiger partial charge on any atom is 0.321 e. The van der Waals surface area contributed by atoms with Crippen LogP contribution in [0.5, 0.6) is 0 Å². The Morgan fingerprint density at radius 3 is 2.55 bits per heavy atom. The zero-order valence-electron chi connectivity index (χ0n) is 12.2. The van der Waals surface area contributed by atoms with Crippen molar-refractivity contribution in [1.29, 1.82) is 0 Å². The fourth-order valence-electron chi connectivity index (χ4n) is 2.39. The van der Waals surface area contributed by atoms with Crippen molar-refractivity contribution < 1.29 is 19.5 Å². The molecule has 0 aromatic rings. The molecule has 0 bridgehead atoms. The number of imide groups is 1. The summed E-state index contributed by atoms with van der Waals surface area (Å²) >= 11 is 0. The summed E-state index contributed by atoms with van der Waals surface area (Å²) in [6.07, 6.45) is 1.70. The predicted octanol–water partition coefficient (Wildman–Crippen LogP) is 0.265. The van der Waals surface area contributed by atoms with E-state index >= 15 is 0 Å². The fraction of sp³-hybridized carbons (Fsp3) is 0.769. The minimum atomic E-state index is -0.820. The zero-order chi connectivity index (χ0) is 15.3. The van der Waals surface area contributed by atoms with Gasteiger partial charge in [0.25, 0.3) is 0 Å². The molecule has 0 spiro atoms. The fourth-order valence-corrected chi connectivity index (χ4v) is 2.39. The molecule has 1 atom stereocenters. The smallest absolute Gasteiger partial charge is 0.321 e. The average molecular weight is 285 g/mol. The van der Waals surface area contributed by atoms with Crippen LogP contribution in [-0.2, 0) is 9.59 Å². The number of urea groups is 1. The molecule has 0 aromatic carbocycles. The van der Waals surface area contributed by atoms with Gasteiger partial charge >= 0.3 is 12.0 Å². The summed E-state index contributed by atoms with van der Waals surface area (Å²) in [5.74, 6) is -1.20. The third-order valence-corrected chi connectivity index (χ3v) is 3.92. The van der Waals surface area contributed by atoms with E-state index in [0.717, 1.165) is 19.4 Å². The Kier molecular flexibility index (Phi) is 5.50. The number of hydrogen-bond acceptors (Lipinski definition) is 4. The third kappa shape index (κ3) is 4.19. The van der Waals surface area contributed by atoms with E-state index in [1.54, 1.807) is 13.8 Å². The molecule has 1 heterocycles. The standard InChI is InChI=1S/C13H23N3O4/c1-13(2,11(18)19)9-5-4-6-16(7-9)8-10(17)15-12(20)14-3/h9H,4-8H2,1-3H3,(H,18,19)(H2,14,15,17,20). The highest BCUT2D eigenvalue weighted by molar-refractivity contribution is 5.95. The van der Waals surface area contributed by atoms with Crippen molar-refractivity contribution in [2.24, 2.45) is 11.3 Å². The number of amides is 3. The molecule has 7 heteroatoms.